The lowest BCUT2D eigenvalue weighted by Gasteiger charge is -2.17. The molecule has 4 rings (SSSR count). The van der Waals surface area contributed by atoms with Crippen molar-refractivity contribution in [3.05, 3.63) is 79.6 Å². The number of pyridine rings is 1. The molecule has 0 aliphatic heterocycles. The fourth-order valence-corrected chi connectivity index (χ4v) is 3.65. The molecule has 1 heterocycles. The summed E-state index contributed by atoms with van der Waals surface area (Å²) < 4.78 is 36.2. The maximum Gasteiger partial charge on any atom is 0.343 e. The summed E-state index contributed by atoms with van der Waals surface area (Å²) in [6.45, 7) is 1.57. The lowest BCUT2D eigenvalue weighted by Crippen LogP contribution is -2.23. The number of halogens is 2. The van der Waals surface area contributed by atoms with Crippen molar-refractivity contribution in [3.63, 3.8) is 0 Å². The monoisotopic (exact) mass is 443 g/mol. The number of hydrogen-bond acceptors (Lipinski definition) is 6. The number of nitro groups is 1. The highest BCUT2D eigenvalue weighted by atomic mass is 19.2. The third kappa shape index (κ3) is 3.68. The normalized spacial score (nSPS) is 13.2. The maximum atomic E-state index is 15.1. The smallest absolute Gasteiger partial charge is 0.343 e. The highest BCUT2D eigenvalue weighted by Gasteiger charge is 2.36. The average molecular weight is 443 g/mol. The van der Waals surface area contributed by atoms with Crippen LogP contribution in [0.5, 0.6) is 0 Å². The van der Waals surface area contributed by atoms with Gasteiger partial charge in [0.05, 0.1) is 22.4 Å². The van der Waals surface area contributed by atoms with E-state index in [9.17, 15) is 24.1 Å². The van der Waals surface area contributed by atoms with Crippen LogP contribution in [0.3, 0.4) is 0 Å². The third-order valence-electron chi connectivity index (χ3n) is 5.26. The van der Waals surface area contributed by atoms with Crippen molar-refractivity contribution in [1.29, 1.82) is 0 Å². The fraction of sp³-hybridized carbons (Fsp3) is 0.273. The van der Waals surface area contributed by atoms with E-state index >= 15 is 4.39 Å². The number of nitrogens with zero attached hydrogens (tertiary/aromatic N) is 2. The number of nitrogens with one attached hydrogen (secondary N) is 1. The Kier molecular flexibility index (Phi) is 5.60. The predicted octanol–water partition coefficient (Wildman–Crippen LogP) is 4.31. The molecule has 0 spiro atoms. The Labute approximate surface area is 180 Å². The van der Waals surface area contributed by atoms with E-state index in [2.05, 4.69) is 5.32 Å². The quantitative estimate of drug-likeness (QED) is 0.332. The van der Waals surface area contributed by atoms with Crippen molar-refractivity contribution in [1.82, 2.24) is 4.57 Å². The third-order valence-corrected chi connectivity index (χ3v) is 5.26. The summed E-state index contributed by atoms with van der Waals surface area (Å²) in [6.07, 6.45) is 2.41. The van der Waals surface area contributed by atoms with Crippen molar-refractivity contribution in [3.8, 4) is 0 Å². The number of carbonyl (C=O) groups excluding carboxylic acids is 1. The van der Waals surface area contributed by atoms with Gasteiger partial charge in [-0.1, -0.05) is 30.3 Å². The summed E-state index contributed by atoms with van der Waals surface area (Å²) in [6, 6.07) is 8.46. The second-order valence-corrected chi connectivity index (χ2v) is 7.40. The van der Waals surface area contributed by atoms with Crippen molar-refractivity contribution in [2.24, 2.45) is 0 Å². The molecule has 32 heavy (non-hydrogen) atoms. The van der Waals surface area contributed by atoms with Gasteiger partial charge < -0.3 is 14.6 Å². The largest absolute Gasteiger partial charge is 0.462 e. The number of ether oxygens (including phenoxy) is 1. The van der Waals surface area contributed by atoms with Crippen molar-refractivity contribution in [2.75, 3.05) is 11.9 Å². The van der Waals surface area contributed by atoms with Crippen LogP contribution in [0.2, 0.25) is 0 Å². The van der Waals surface area contributed by atoms with Gasteiger partial charge in [-0.3, -0.25) is 14.9 Å². The molecule has 3 aromatic rings. The van der Waals surface area contributed by atoms with Gasteiger partial charge in [-0.05, 0) is 25.3 Å². The molecule has 0 saturated heterocycles. The number of esters is 1. The van der Waals surface area contributed by atoms with Crippen molar-refractivity contribution < 1.29 is 23.2 Å². The Bertz CT molecular complexity index is 1290. The molecule has 1 aromatic heterocycles. The van der Waals surface area contributed by atoms with E-state index in [0.717, 1.165) is 6.20 Å². The number of anilines is 1. The van der Waals surface area contributed by atoms with Gasteiger partial charge in [0.2, 0.25) is 11.2 Å². The second-order valence-electron chi connectivity index (χ2n) is 7.40. The van der Waals surface area contributed by atoms with Crippen molar-refractivity contribution >= 4 is 28.2 Å². The zero-order valence-corrected chi connectivity index (χ0v) is 17.1. The summed E-state index contributed by atoms with van der Waals surface area (Å²) in [5, 5.41) is 14.0. The summed E-state index contributed by atoms with van der Waals surface area (Å²) >= 11 is 0. The van der Waals surface area contributed by atoms with E-state index in [1.807, 2.05) is 0 Å². The number of rotatable bonds is 7. The molecule has 0 amide bonds. The van der Waals surface area contributed by atoms with Gasteiger partial charge in [-0.15, -0.1) is 0 Å². The molecule has 2 aromatic carbocycles. The number of fused-ring (bicyclic) bond motifs is 1. The topological polar surface area (TPSA) is 103 Å². The van der Waals surface area contributed by atoms with Crippen LogP contribution >= 0.6 is 0 Å². The first kappa shape index (κ1) is 21.4. The molecule has 1 saturated carbocycles. The minimum atomic E-state index is -1.67. The minimum Gasteiger partial charge on any atom is -0.462 e. The molecule has 1 fully saturated rings. The molecular weight excluding hydrogens is 424 g/mol. The van der Waals surface area contributed by atoms with E-state index in [4.69, 9.17) is 4.74 Å². The lowest BCUT2D eigenvalue weighted by molar-refractivity contribution is -0.386. The molecule has 1 aliphatic rings. The van der Waals surface area contributed by atoms with Gasteiger partial charge >= 0.3 is 11.7 Å². The van der Waals surface area contributed by atoms with Crippen LogP contribution in [0, 0.1) is 21.7 Å². The van der Waals surface area contributed by atoms with E-state index in [-0.39, 0.29) is 19.2 Å². The fourth-order valence-electron chi connectivity index (χ4n) is 3.65. The Morgan fingerprint density at radius 3 is 2.53 bits per heavy atom. The van der Waals surface area contributed by atoms with Crippen LogP contribution < -0.4 is 10.7 Å². The highest BCUT2D eigenvalue weighted by molar-refractivity contribution is 6.01. The molecule has 0 radical (unpaired) electrons. The summed E-state index contributed by atoms with van der Waals surface area (Å²) in [4.78, 5) is 36.2. The Morgan fingerprint density at radius 2 is 1.94 bits per heavy atom. The van der Waals surface area contributed by atoms with E-state index in [1.165, 1.54) is 4.57 Å². The van der Waals surface area contributed by atoms with Crippen LogP contribution in [0.25, 0.3) is 10.9 Å². The number of hydrogen-bond donors (Lipinski definition) is 1. The van der Waals surface area contributed by atoms with Crippen LogP contribution in [-0.2, 0) is 11.3 Å². The molecule has 1 aliphatic carbocycles. The van der Waals surface area contributed by atoms with Gasteiger partial charge in [-0.2, -0.15) is 4.39 Å². The maximum absolute atomic E-state index is 15.1. The van der Waals surface area contributed by atoms with Gasteiger partial charge in [-0.25, -0.2) is 9.18 Å². The lowest BCUT2D eigenvalue weighted by atomic mass is 10.1. The molecule has 166 valence electrons. The standard InChI is InChI=1S/C22H19F2N3O5/c1-2-32-22(29)14-11-26(13-8-9-13)19-15(21(14)28)18(20(27(30)31)17(24)16(19)23)25-10-12-6-4-3-5-7-12/h3-7,11,13,25H,2,8-10H2,1H3. The summed E-state index contributed by atoms with van der Waals surface area (Å²) in [5.74, 6) is -4.11. The molecule has 10 heteroatoms. The number of nitro benzene ring substituents is 1. The molecule has 0 bridgehead atoms. The van der Waals surface area contributed by atoms with Crippen LogP contribution in [-0.4, -0.2) is 22.1 Å². The van der Waals surface area contributed by atoms with Gasteiger partial charge in [0, 0.05) is 18.8 Å². The SMILES string of the molecule is CCOC(=O)c1cn(C2CC2)c2c(F)c(F)c([N+](=O)[O-])c(NCc3ccccc3)c2c1=O. The Balaban J connectivity index is 2.04. The van der Waals surface area contributed by atoms with Gasteiger partial charge in [0.25, 0.3) is 0 Å². The van der Waals surface area contributed by atoms with Crippen LogP contribution in [0.1, 0.15) is 41.7 Å². The number of carbonyl (C=O) groups is 1. The molecule has 0 unspecified atom stereocenters. The molecule has 1 N–H and O–H groups in total. The Morgan fingerprint density at radius 1 is 1.25 bits per heavy atom. The zero-order valence-electron chi connectivity index (χ0n) is 17.1. The minimum absolute atomic E-state index is 0.00319. The first-order chi connectivity index (χ1) is 15.3. The predicted molar refractivity (Wildman–Crippen MR) is 113 cm³/mol. The highest BCUT2D eigenvalue weighted by Crippen LogP contribution is 2.42. The molecular formula is C22H19F2N3O5. The van der Waals surface area contributed by atoms with E-state index in [1.54, 1.807) is 37.3 Å². The Hall–Kier alpha value is -3.82. The van der Waals surface area contributed by atoms with E-state index < -0.39 is 55.8 Å². The molecule has 0 atom stereocenters. The number of aromatic nitrogens is 1. The zero-order chi connectivity index (χ0) is 23.0. The van der Waals surface area contributed by atoms with Crippen LogP contribution in [0.15, 0.2) is 41.3 Å². The van der Waals surface area contributed by atoms with Crippen molar-refractivity contribution in [2.45, 2.75) is 32.4 Å². The average Bonchev–Trinajstić information content (AvgIpc) is 3.61. The van der Waals surface area contributed by atoms with Gasteiger partial charge in [0.15, 0.2) is 5.82 Å². The second kappa shape index (κ2) is 8.37. The van der Waals surface area contributed by atoms with E-state index in [0.29, 0.717) is 18.4 Å². The summed E-state index contributed by atoms with van der Waals surface area (Å²) in [7, 11) is 0. The summed E-state index contributed by atoms with van der Waals surface area (Å²) in [5.41, 5.74) is -2.74. The first-order valence-electron chi connectivity index (χ1n) is 10.0. The van der Waals surface area contributed by atoms with Crippen LogP contribution in [0.4, 0.5) is 20.2 Å². The molecule has 8 nitrogen and oxygen atoms in total. The number of benzene rings is 2. The van der Waals surface area contributed by atoms with Gasteiger partial charge in [0.1, 0.15) is 11.3 Å². The first-order valence-corrected chi connectivity index (χ1v) is 10.0.